The third-order valence-electron chi connectivity index (χ3n) is 4.86. The molecule has 1 N–H and O–H groups in total. The third-order valence-corrected chi connectivity index (χ3v) is 4.86. The molecule has 2 nitrogen and oxygen atoms in total. The largest absolute Gasteiger partial charge is 0.391 e. The minimum Gasteiger partial charge on any atom is -0.391 e. The fraction of sp³-hybridized carbons (Fsp3) is 1.00. The van der Waals surface area contributed by atoms with E-state index in [2.05, 4.69) is 32.6 Å². The van der Waals surface area contributed by atoms with Crippen molar-refractivity contribution in [2.24, 2.45) is 11.3 Å². The average molecular weight is 239 g/mol. The van der Waals surface area contributed by atoms with Gasteiger partial charge in [-0.1, -0.05) is 27.7 Å². The first kappa shape index (κ1) is 13.4. The van der Waals surface area contributed by atoms with Gasteiger partial charge in [-0.25, -0.2) is 0 Å². The zero-order valence-electron chi connectivity index (χ0n) is 11.9. The van der Waals surface area contributed by atoms with Crippen molar-refractivity contribution in [2.75, 3.05) is 6.54 Å². The second-order valence-corrected chi connectivity index (χ2v) is 7.23. The molecule has 0 amide bonds. The maximum atomic E-state index is 10.3. The molecular formula is C15H29NO. The highest BCUT2D eigenvalue weighted by atomic mass is 16.3. The summed E-state index contributed by atoms with van der Waals surface area (Å²) in [4.78, 5) is 2.62. The van der Waals surface area contributed by atoms with Gasteiger partial charge in [0.05, 0.1) is 6.10 Å². The number of hydrogen-bond acceptors (Lipinski definition) is 2. The van der Waals surface area contributed by atoms with E-state index in [0.717, 1.165) is 18.8 Å². The fourth-order valence-electron chi connectivity index (χ4n) is 3.82. The SMILES string of the molecule is CC(C)C1CCCN1C1CC(C)(C)CCC1O. The van der Waals surface area contributed by atoms with Crippen molar-refractivity contribution in [1.29, 1.82) is 0 Å². The van der Waals surface area contributed by atoms with Gasteiger partial charge in [-0.15, -0.1) is 0 Å². The van der Waals surface area contributed by atoms with Crippen molar-refractivity contribution in [2.45, 2.75) is 78.0 Å². The van der Waals surface area contributed by atoms with Crippen LogP contribution in [0.5, 0.6) is 0 Å². The number of aliphatic hydroxyl groups excluding tert-OH is 1. The first-order chi connectivity index (χ1) is 7.91. The Morgan fingerprint density at radius 3 is 2.59 bits per heavy atom. The number of aliphatic hydroxyl groups is 1. The zero-order valence-corrected chi connectivity index (χ0v) is 11.9. The predicted molar refractivity (Wildman–Crippen MR) is 72.0 cm³/mol. The topological polar surface area (TPSA) is 23.5 Å². The maximum absolute atomic E-state index is 10.3. The lowest BCUT2D eigenvalue weighted by Gasteiger charge is -2.45. The van der Waals surface area contributed by atoms with Gasteiger partial charge in [-0.05, 0) is 50.0 Å². The van der Waals surface area contributed by atoms with E-state index in [9.17, 15) is 5.11 Å². The van der Waals surface area contributed by atoms with Crippen LogP contribution in [0, 0.1) is 11.3 Å². The second kappa shape index (κ2) is 4.89. The molecule has 3 unspecified atom stereocenters. The lowest BCUT2D eigenvalue weighted by molar-refractivity contribution is -0.0284. The second-order valence-electron chi connectivity index (χ2n) is 7.23. The molecule has 0 aromatic heterocycles. The molecule has 3 atom stereocenters. The van der Waals surface area contributed by atoms with Crippen LogP contribution in [-0.4, -0.2) is 34.7 Å². The van der Waals surface area contributed by atoms with Gasteiger partial charge < -0.3 is 5.11 Å². The highest BCUT2D eigenvalue weighted by Crippen LogP contribution is 2.40. The van der Waals surface area contributed by atoms with Crippen molar-refractivity contribution in [3.05, 3.63) is 0 Å². The van der Waals surface area contributed by atoms with Gasteiger partial charge in [-0.3, -0.25) is 4.90 Å². The summed E-state index contributed by atoms with van der Waals surface area (Å²) >= 11 is 0. The molecule has 2 aliphatic rings. The Bertz CT molecular complexity index is 262. The van der Waals surface area contributed by atoms with Crippen LogP contribution in [-0.2, 0) is 0 Å². The Labute approximate surface area is 106 Å². The molecule has 2 fully saturated rings. The predicted octanol–water partition coefficient (Wildman–Crippen LogP) is 3.05. The molecular weight excluding hydrogens is 210 g/mol. The summed E-state index contributed by atoms with van der Waals surface area (Å²) in [5, 5.41) is 10.3. The molecule has 100 valence electrons. The standard InChI is InChI=1S/C15H29NO/c1-11(2)12-6-5-9-16(12)13-10-15(3,4)8-7-14(13)17/h11-14,17H,5-10H2,1-4H3. The Morgan fingerprint density at radius 2 is 1.94 bits per heavy atom. The Kier molecular flexibility index (Phi) is 3.84. The van der Waals surface area contributed by atoms with Crippen LogP contribution in [0.4, 0.5) is 0 Å². The summed E-state index contributed by atoms with van der Waals surface area (Å²) in [6, 6.07) is 1.11. The molecule has 1 heterocycles. The van der Waals surface area contributed by atoms with Crippen LogP contribution in [0.15, 0.2) is 0 Å². The van der Waals surface area contributed by atoms with Gasteiger partial charge in [0, 0.05) is 12.1 Å². The van der Waals surface area contributed by atoms with Crippen LogP contribution in [0.3, 0.4) is 0 Å². The summed E-state index contributed by atoms with van der Waals surface area (Å²) in [6.07, 6.45) is 5.86. The minimum absolute atomic E-state index is 0.0950. The van der Waals surface area contributed by atoms with E-state index in [0.29, 0.717) is 17.5 Å². The normalized spacial score (nSPS) is 38.8. The molecule has 1 aliphatic carbocycles. The van der Waals surface area contributed by atoms with E-state index in [-0.39, 0.29) is 6.10 Å². The molecule has 1 saturated heterocycles. The molecule has 2 heteroatoms. The van der Waals surface area contributed by atoms with Crippen molar-refractivity contribution < 1.29 is 5.11 Å². The summed E-state index contributed by atoms with van der Waals surface area (Å²) in [5.74, 6) is 0.717. The molecule has 0 aromatic rings. The van der Waals surface area contributed by atoms with E-state index in [4.69, 9.17) is 0 Å². The van der Waals surface area contributed by atoms with Crippen LogP contribution in [0.1, 0.15) is 59.8 Å². The highest BCUT2D eigenvalue weighted by molar-refractivity contribution is 4.95. The molecule has 1 saturated carbocycles. The monoisotopic (exact) mass is 239 g/mol. The summed E-state index contributed by atoms with van der Waals surface area (Å²) < 4.78 is 0. The first-order valence-electron chi connectivity index (χ1n) is 7.34. The van der Waals surface area contributed by atoms with Crippen molar-refractivity contribution in [3.63, 3.8) is 0 Å². The van der Waals surface area contributed by atoms with Gasteiger partial charge in [0.25, 0.3) is 0 Å². The summed E-state index contributed by atoms with van der Waals surface area (Å²) in [6.45, 7) is 10.5. The minimum atomic E-state index is -0.0950. The van der Waals surface area contributed by atoms with Crippen molar-refractivity contribution >= 4 is 0 Å². The Morgan fingerprint density at radius 1 is 1.24 bits per heavy atom. The fourth-order valence-corrected chi connectivity index (χ4v) is 3.82. The molecule has 0 aromatic carbocycles. The van der Waals surface area contributed by atoms with Crippen molar-refractivity contribution in [3.8, 4) is 0 Å². The van der Waals surface area contributed by atoms with Gasteiger partial charge in [0.15, 0.2) is 0 Å². The molecule has 0 spiro atoms. The number of nitrogens with zero attached hydrogens (tertiary/aromatic N) is 1. The number of hydrogen-bond donors (Lipinski definition) is 1. The molecule has 1 aliphatic heterocycles. The summed E-state index contributed by atoms with van der Waals surface area (Å²) in [7, 11) is 0. The van der Waals surface area contributed by atoms with Crippen LogP contribution >= 0.6 is 0 Å². The Hall–Kier alpha value is -0.0800. The van der Waals surface area contributed by atoms with E-state index < -0.39 is 0 Å². The maximum Gasteiger partial charge on any atom is 0.0695 e. The number of rotatable bonds is 2. The van der Waals surface area contributed by atoms with Crippen LogP contribution in [0.25, 0.3) is 0 Å². The molecule has 0 radical (unpaired) electrons. The van der Waals surface area contributed by atoms with Crippen molar-refractivity contribution in [1.82, 2.24) is 4.90 Å². The van der Waals surface area contributed by atoms with Gasteiger partial charge in [-0.2, -0.15) is 0 Å². The average Bonchev–Trinajstić information content (AvgIpc) is 2.70. The number of likely N-dealkylation sites (tertiary alicyclic amines) is 1. The van der Waals surface area contributed by atoms with E-state index in [1.54, 1.807) is 0 Å². The third kappa shape index (κ3) is 2.85. The lowest BCUT2D eigenvalue weighted by Crippen LogP contribution is -2.52. The van der Waals surface area contributed by atoms with Crippen LogP contribution in [0.2, 0.25) is 0 Å². The smallest absolute Gasteiger partial charge is 0.0695 e. The molecule has 2 rings (SSSR count). The Balaban J connectivity index is 2.09. The first-order valence-corrected chi connectivity index (χ1v) is 7.34. The quantitative estimate of drug-likeness (QED) is 0.800. The highest BCUT2D eigenvalue weighted by Gasteiger charge is 2.41. The van der Waals surface area contributed by atoms with E-state index >= 15 is 0 Å². The van der Waals surface area contributed by atoms with Crippen LogP contribution < -0.4 is 0 Å². The van der Waals surface area contributed by atoms with Gasteiger partial charge in [0.2, 0.25) is 0 Å². The van der Waals surface area contributed by atoms with Gasteiger partial charge >= 0.3 is 0 Å². The van der Waals surface area contributed by atoms with E-state index in [1.165, 1.54) is 25.8 Å². The van der Waals surface area contributed by atoms with E-state index in [1.807, 2.05) is 0 Å². The lowest BCUT2D eigenvalue weighted by atomic mass is 9.73. The summed E-state index contributed by atoms with van der Waals surface area (Å²) in [5.41, 5.74) is 0.411. The zero-order chi connectivity index (χ0) is 12.6. The van der Waals surface area contributed by atoms with Gasteiger partial charge in [0.1, 0.15) is 0 Å². The molecule has 17 heavy (non-hydrogen) atoms. The molecule has 0 bridgehead atoms.